The largest absolute Gasteiger partial charge is 2.00 e. The summed E-state index contributed by atoms with van der Waals surface area (Å²) in [5.74, 6) is 0.773. The van der Waals surface area contributed by atoms with Crippen LogP contribution in [-0.4, -0.2) is 8.41 Å². The molecule has 0 aliphatic rings. The molecule has 3 radical (unpaired) electrons. The van der Waals surface area contributed by atoms with E-state index in [9.17, 15) is 0 Å². The van der Waals surface area contributed by atoms with Crippen LogP contribution in [0.4, 0.5) is 0 Å². The van der Waals surface area contributed by atoms with E-state index in [1.165, 1.54) is 0 Å². The Hall–Kier alpha value is 0.753. The van der Waals surface area contributed by atoms with Crippen molar-refractivity contribution in [2.45, 2.75) is 20.3 Å². The maximum atomic E-state index is 3.69. The summed E-state index contributed by atoms with van der Waals surface area (Å²) in [4.78, 5) is 0. The van der Waals surface area contributed by atoms with Crippen molar-refractivity contribution in [3.63, 3.8) is 0 Å². The third-order valence-electron chi connectivity index (χ3n) is 0.577. The molecule has 0 rings (SSSR count). The fourth-order valence-electron chi connectivity index (χ4n) is 0. The number of hydrogen-bond acceptors (Lipinski definition) is 0. The van der Waals surface area contributed by atoms with E-state index in [1.54, 1.807) is 0 Å². The zero-order chi connectivity index (χ0) is 4.28. The summed E-state index contributed by atoms with van der Waals surface area (Å²) in [5, 5.41) is 0. The first-order valence-electron chi connectivity index (χ1n) is 2.06. The Morgan fingerprint density at radius 3 is 1.62 bits per heavy atom. The monoisotopic (exact) mass is 284 g/mol. The molecule has 0 bridgehead atoms. The quantitative estimate of drug-likeness (QED) is 0.511. The average molecular weight is 284 g/mol. The number of hydrogen-bond donors (Lipinski definition) is 0. The van der Waals surface area contributed by atoms with Crippen LogP contribution in [0.25, 0.3) is 0 Å². The minimum absolute atomic E-state index is 0. The predicted molar refractivity (Wildman–Crippen MR) is 39.1 cm³/mol. The van der Waals surface area contributed by atoms with Crippen LogP contribution in [0.1, 0.15) is 21.7 Å². The van der Waals surface area contributed by atoms with Crippen LogP contribution >= 0.6 is 0 Å². The van der Waals surface area contributed by atoms with E-state index in [4.69, 9.17) is 0 Å². The van der Waals surface area contributed by atoms with Crippen molar-refractivity contribution in [3.8, 4) is 0 Å². The summed E-state index contributed by atoms with van der Waals surface area (Å²) in [6.45, 7) is 8.00. The molecule has 8 heavy (non-hydrogen) atoms. The van der Waals surface area contributed by atoms with Gasteiger partial charge in [-0.3, -0.25) is 0 Å². The summed E-state index contributed by atoms with van der Waals surface area (Å²) >= 11 is 0. The van der Waals surface area contributed by atoms with E-state index in [0.29, 0.717) is 0 Å². The molecule has 0 heterocycles. The third-order valence-corrected chi connectivity index (χ3v) is 0.577. The molecule has 0 aromatic carbocycles. The van der Waals surface area contributed by atoms with Crippen LogP contribution in [0, 0.1) is 20.3 Å². The molecule has 2 heteroatoms. The van der Waals surface area contributed by atoms with E-state index < -0.39 is 0 Å². The third kappa shape index (κ3) is 29.5. The van der Waals surface area contributed by atoms with Gasteiger partial charge in [-0.1, -0.05) is 19.8 Å². The van der Waals surface area contributed by atoms with Crippen LogP contribution in [0.15, 0.2) is 0 Å². The molecule has 0 fully saturated rings. The molecule has 0 aromatic rings. The van der Waals surface area contributed by atoms with Crippen molar-refractivity contribution in [2.24, 2.45) is 5.92 Å². The van der Waals surface area contributed by atoms with Crippen LogP contribution in [0.5, 0.6) is 0 Å². The van der Waals surface area contributed by atoms with Gasteiger partial charge in [0.15, 0.2) is 0 Å². The molecule has 49 valence electrons. The first-order chi connectivity index (χ1) is 2.27. The second-order valence-corrected chi connectivity index (χ2v) is 1.68. The molecule has 0 aliphatic heterocycles. The fourth-order valence-corrected chi connectivity index (χ4v) is 0. The molecule has 0 unspecified atom stereocenters. The van der Waals surface area contributed by atoms with Crippen molar-refractivity contribution in [2.75, 3.05) is 0 Å². The Kier molecular flexibility index (Phi) is 45.6. The SMILES string of the molecule is [2HH].[B].[CH2-]CC(C)C.[CH3-].[W+2]. The first-order valence-corrected chi connectivity index (χ1v) is 2.06. The Balaban J connectivity index is -0.0000000133. The van der Waals surface area contributed by atoms with Crippen LogP contribution in [0.3, 0.4) is 0 Å². The van der Waals surface area contributed by atoms with E-state index in [-0.39, 0.29) is 38.3 Å². The van der Waals surface area contributed by atoms with E-state index >= 15 is 0 Å². The molecule has 0 amide bonds. The summed E-state index contributed by atoms with van der Waals surface area (Å²) in [6.07, 6.45) is 1.06. The standard InChI is InChI=1S/C5H11.CH3.B.W.H2/c1-4-5(2)3;;;;/h5H,1,4H2,2-3H3;1H3;;;1H/q2*-1;;+2;/i;;;;1+1. The first kappa shape index (κ1) is 23.3. The molecule has 0 atom stereocenters. The van der Waals surface area contributed by atoms with Crippen molar-refractivity contribution < 1.29 is 22.5 Å². The average Bonchev–Trinajstić information content (AvgIpc) is 1.38. The zero-order valence-corrected chi connectivity index (χ0v) is 8.91. The van der Waals surface area contributed by atoms with Gasteiger partial charge in [-0.25, -0.2) is 0 Å². The van der Waals surface area contributed by atoms with Gasteiger partial charge in [0.05, 0.1) is 0 Å². The molecule has 0 spiro atoms. The van der Waals surface area contributed by atoms with Crippen molar-refractivity contribution in [3.05, 3.63) is 14.4 Å². The van der Waals surface area contributed by atoms with Crippen LogP contribution in [-0.2, 0) is 21.1 Å². The van der Waals surface area contributed by atoms with Crippen LogP contribution in [0.2, 0.25) is 0 Å². The Bertz CT molecular complexity index is 27.0. The Labute approximate surface area is 71.8 Å². The van der Waals surface area contributed by atoms with Gasteiger partial charge in [-0.2, -0.15) is 6.42 Å². The van der Waals surface area contributed by atoms with Crippen LogP contribution < -0.4 is 0 Å². The molecule has 0 aromatic heterocycles. The molecule has 0 nitrogen and oxygen atoms in total. The molecule has 0 saturated heterocycles. The van der Waals surface area contributed by atoms with Gasteiger partial charge in [0.1, 0.15) is 0 Å². The fraction of sp³-hybridized carbons (Fsp3) is 0.667. The normalized spacial score (nSPS) is 6.00. The summed E-state index contributed by atoms with van der Waals surface area (Å²) in [7, 11) is 0. The minimum atomic E-state index is 0. The molecule has 0 saturated carbocycles. The predicted octanol–water partition coefficient (Wildman–Crippen LogP) is 2.18. The molecular formula is C6H16BW. The van der Waals surface area contributed by atoms with Crippen molar-refractivity contribution in [1.82, 2.24) is 0 Å². The Morgan fingerprint density at radius 1 is 1.50 bits per heavy atom. The number of rotatable bonds is 1. The molecular weight excluding hydrogens is 267 g/mol. The van der Waals surface area contributed by atoms with E-state index in [0.717, 1.165) is 12.3 Å². The Morgan fingerprint density at radius 2 is 1.62 bits per heavy atom. The minimum Gasteiger partial charge on any atom is -0.358 e. The van der Waals surface area contributed by atoms with Gasteiger partial charge in [0, 0.05) is 9.84 Å². The van der Waals surface area contributed by atoms with Gasteiger partial charge in [-0.15, -0.1) is 0 Å². The van der Waals surface area contributed by atoms with Crippen molar-refractivity contribution in [1.29, 1.82) is 0 Å². The summed E-state index contributed by atoms with van der Waals surface area (Å²) < 4.78 is 0. The zero-order valence-electron chi connectivity index (χ0n) is 5.98. The van der Waals surface area contributed by atoms with Gasteiger partial charge < -0.3 is 14.4 Å². The van der Waals surface area contributed by atoms with E-state index in [2.05, 4.69) is 20.8 Å². The molecule has 0 N–H and O–H groups in total. The maximum Gasteiger partial charge on any atom is 2.00 e. The topological polar surface area (TPSA) is 0 Å². The summed E-state index contributed by atoms with van der Waals surface area (Å²) in [5.41, 5.74) is 0. The van der Waals surface area contributed by atoms with Gasteiger partial charge >= 0.3 is 21.1 Å². The van der Waals surface area contributed by atoms with Gasteiger partial charge in [0.2, 0.25) is 0 Å². The second-order valence-electron chi connectivity index (χ2n) is 1.68. The van der Waals surface area contributed by atoms with Gasteiger partial charge in [-0.05, 0) is 0 Å². The van der Waals surface area contributed by atoms with E-state index in [1.807, 2.05) is 0 Å². The smallest absolute Gasteiger partial charge is 0.358 e. The van der Waals surface area contributed by atoms with Crippen molar-refractivity contribution >= 4 is 8.41 Å². The molecule has 0 aliphatic carbocycles. The second kappa shape index (κ2) is 15.7. The van der Waals surface area contributed by atoms with Gasteiger partial charge in [0.25, 0.3) is 0 Å². The summed E-state index contributed by atoms with van der Waals surface area (Å²) in [6, 6.07) is 0. The maximum absolute atomic E-state index is 3.69.